The van der Waals surface area contributed by atoms with Crippen molar-refractivity contribution in [1.29, 1.82) is 0 Å². The highest BCUT2D eigenvalue weighted by molar-refractivity contribution is 5.78. The number of carbonyl (C=O) groups is 2. The van der Waals surface area contributed by atoms with E-state index in [-0.39, 0.29) is 58.1 Å². The minimum Gasteiger partial charge on any atom is -0.463 e. The van der Waals surface area contributed by atoms with Crippen LogP contribution in [0.3, 0.4) is 0 Å². The molecule has 5 fully saturated rings. The standard InChI is InChI=1S/C36H59NO6/c1-22(2)24-11-16-36(30(41)42-21-35(37,19-38)20-39)18-17-33(7)25(29(24)36)9-10-27-32(6)14-13-28(43-23(3)40)31(4,5)26(32)12-15-34(27,33)8/h24-29,38-39H,1,9-21,37H2,2-8H3/t24?,25-,26+,27-,28+,29-,32+,33-,34-,36+/m1/s1. The van der Waals surface area contributed by atoms with Gasteiger partial charge in [0.15, 0.2) is 0 Å². The van der Waals surface area contributed by atoms with Crippen LogP contribution in [-0.4, -0.2) is 53.6 Å². The Morgan fingerprint density at radius 3 is 2.14 bits per heavy atom. The Morgan fingerprint density at radius 2 is 1.53 bits per heavy atom. The van der Waals surface area contributed by atoms with E-state index in [2.05, 4.69) is 48.1 Å². The van der Waals surface area contributed by atoms with Gasteiger partial charge in [0.1, 0.15) is 12.7 Å². The van der Waals surface area contributed by atoms with Crippen molar-refractivity contribution >= 4 is 11.9 Å². The Morgan fingerprint density at radius 1 is 0.860 bits per heavy atom. The van der Waals surface area contributed by atoms with E-state index in [0.29, 0.717) is 17.8 Å². The van der Waals surface area contributed by atoms with E-state index in [4.69, 9.17) is 15.2 Å². The molecule has 1 unspecified atom stereocenters. The molecule has 0 aromatic rings. The van der Waals surface area contributed by atoms with Crippen LogP contribution >= 0.6 is 0 Å². The quantitative estimate of drug-likeness (QED) is 0.249. The molecule has 5 aliphatic carbocycles. The summed E-state index contributed by atoms with van der Waals surface area (Å²) in [5.41, 5.74) is 5.69. The first-order valence-electron chi connectivity index (χ1n) is 17.0. The summed E-state index contributed by atoms with van der Waals surface area (Å²) in [6.07, 6.45) is 10.1. The van der Waals surface area contributed by atoms with E-state index in [0.717, 1.165) is 69.8 Å². The molecule has 5 saturated carbocycles. The molecule has 10 atom stereocenters. The third-order valence-corrected chi connectivity index (χ3v) is 14.8. The van der Waals surface area contributed by atoms with E-state index in [1.807, 2.05) is 0 Å². The second-order valence-corrected chi connectivity index (χ2v) is 17.1. The molecule has 0 amide bonds. The van der Waals surface area contributed by atoms with Gasteiger partial charge < -0.3 is 25.4 Å². The number of allylic oxidation sites excluding steroid dienone is 1. The molecular formula is C36H59NO6. The number of carbonyl (C=O) groups excluding carboxylic acids is 2. The Labute approximate surface area is 259 Å². The lowest BCUT2D eigenvalue weighted by Gasteiger charge is -2.72. The second kappa shape index (κ2) is 10.8. The first-order valence-corrected chi connectivity index (χ1v) is 17.0. The molecule has 5 aliphatic rings. The number of aliphatic hydroxyl groups excluding tert-OH is 2. The van der Waals surface area contributed by atoms with Gasteiger partial charge in [-0.3, -0.25) is 9.59 Å². The summed E-state index contributed by atoms with van der Waals surface area (Å²) in [6.45, 7) is 19.4. The molecule has 4 N–H and O–H groups in total. The van der Waals surface area contributed by atoms with Crippen LogP contribution in [0.1, 0.15) is 113 Å². The molecule has 0 aromatic heterocycles. The van der Waals surface area contributed by atoms with Crippen molar-refractivity contribution in [2.24, 2.45) is 62.4 Å². The van der Waals surface area contributed by atoms with Crippen LogP contribution in [0.25, 0.3) is 0 Å². The van der Waals surface area contributed by atoms with E-state index in [1.165, 1.54) is 6.92 Å². The van der Waals surface area contributed by atoms with Gasteiger partial charge in [0.2, 0.25) is 0 Å². The molecule has 0 spiro atoms. The van der Waals surface area contributed by atoms with Crippen molar-refractivity contribution in [1.82, 2.24) is 0 Å². The summed E-state index contributed by atoms with van der Waals surface area (Å²) in [5.74, 6) is 1.54. The zero-order valence-corrected chi connectivity index (χ0v) is 28.0. The van der Waals surface area contributed by atoms with Crippen LogP contribution in [0, 0.1) is 56.7 Å². The lowest BCUT2D eigenvalue weighted by molar-refractivity contribution is -0.250. The number of hydrogen-bond acceptors (Lipinski definition) is 7. The van der Waals surface area contributed by atoms with E-state index in [9.17, 15) is 19.8 Å². The van der Waals surface area contributed by atoms with Gasteiger partial charge in [-0.2, -0.15) is 0 Å². The smallest absolute Gasteiger partial charge is 0.312 e. The number of rotatable bonds is 7. The van der Waals surface area contributed by atoms with Crippen molar-refractivity contribution in [2.45, 2.75) is 124 Å². The maximum atomic E-state index is 14.1. The molecule has 7 heteroatoms. The lowest BCUT2D eigenvalue weighted by Crippen LogP contribution is -2.67. The first-order chi connectivity index (χ1) is 20.0. The molecule has 0 aromatic carbocycles. The number of aliphatic hydroxyl groups is 2. The maximum absolute atomic E-state index is 14.1. The van der Waals surface area contributed by atoms with Crippen LogP contribution < -0.4 is 5.73 Å². The number of fused-ring (bicyclic) bond motifs is 7. The number of nitrogens with two attached hydrogens (primary N) is 1. The fourth-order valence-electron chi connectivity index (χ4n) is 12.4. The number of hydrogen-bond donors (Lipinski definition) is 3. The molecule has 0 radical (unpaired) electrons. The molecule has 0 bridgehead atoms. The summed E-state index contributed by atoms with van der Waals surface area (Å²) in [4.78, 5) is 26.1. The zero-order valence-electron chi connectivity index (χ0n) is 28.0. The summed E-state index contributed by atoms with van der Waals surface area (Å²) in [7, 11) is 0. The van der Waals surface area contributed by atoms with Gasteiger partial charge in [0.25, 0.3) is 0 Å². The third kappa shape index (κ3) is 4.68. The average molecular weight is 602 g/mol. The van der Waals surface area contributed by atoms with Gasteiger partial charge >= 0.3 is 11.9 Å². The normalized spacial score (nSPS) is 45.2. The zero-order chi connectivity index (χ0) is 31.8. The van der Waals surface area contributed by atoms with Crippen molar-refractivity contribution in [3.8, 4) is 0 Å². The maximum Gasteiger partial charge on any atom is 0.312 e. The molecule has 0 heterocycles. The van der Waals surface area contributed by atoms with Gasteiger partial charge in [0, 0.05) is 12.3 Å². The Bertz CT molecular complexity index is 1130. The van der Waals surface area contributed by atoms with Gasteiger partial charge in [-0.05, 0) is 117 Å². The van der Waals surface area contributed by atoms with Crippen molar-refractivity contribution in [3.05, 3.63) is 12.2 Å². The highest BCUT2D eigenvalue weighted by Crippen LogP contribution is 2.77. The second-order valence-electron chi connectivity index (χ2n) is 17.1. The van der Waals surface area contributed by atoms with Gasteiger partial charge in [-0.1, -0.05) is 46.8 Å². The summed E-state index contributed by atoms with van der Waals surface area (Å²) in [5, 5.41) is 19.4. The lowest BCUT2D eigenvalue weighted by atomic mass is 9.32. The SMILES string of the molecule is C=C(C)C1CC[C@]2(C(=O)OCC(N)(CO)CO)CC[C@]3(C)[C@H](CC[C@@H]4[C@@]5(C)CC[C@H](OC(C)=O)C(C)(C)[C@@H]5CC[C@]43C)[C@@H]12. The fourth-order valence-corrected chi connectivity index (χ4v) is 12.4. The number of esters is 2. The predicted molar refractivity (Wildman–Crippen MR) is 167 cm³/mol. The topological polar surface area (TPSA) is 119 Å². The minimum absolute atomic E-state index is 0.0283. The molecule has 7 nitrogen and oxygen atoms in total. The monoisotopic (exact) mass is 601 g/mol. The van der Waals surface area contributed by atoms with Crippen molar-refractivity contribution in [2.75, 3.05) is 19.8 Å². The molecular weight excluding hydrogens is 542 g/mol. The van der Waals surface area contributed by atoms with Crippen LogP contribution in [0.5, 0.6) is 0 Å². The van der Waals surface area contributed by atoms with Gasteiger partial charge in [-0.25, -0.2) is 0 Å². The third-order valence-electron chi connectivity index (χ3n) is 14.8. The van der Waals surface area contributed by atoms with Crippen molar-refractivity contribution in [3.63, 3.8) is 0 Å². The molecule has 0 saturated heterocycles. The number of ether oxygens (including phenoxy) is 2. The summed E-state index contributed by atoms with van der Waals surface area (Å²) < 4.78 is 11.8. The van der Waals surface area contributed by atoms with Crippen LogP contribution in [0.2, 0.25) is 0 Å². The molecule has 244 valence electrons. The average Bonchev–Trinajstić information content (AvgIpc) is 3.35. The van der Waals surface area contributed by atoms with Gasteiger partial charge in [0.05, 0.1) is 24.2 Å². The molecule has 5 rings (SSSR count). The van der Waals surface area contributed by atoms with Crippen LogP contribution in [0.4, 0.5) is 0 Å². The molecule has 0 aliphatic heterocycles. The first kappa shape index (κ1) is 32.9. The van der Waals surface area contributed by atoms with Crippen molar-refractivity contribution < 1.29 is 29.3 Å². The van der Waals surface area contributed by atoms with E-state index in [1.54, 1.807) is 0 Å². The summed E-state index contributed by atoms with van der Waals surface area (Å²) in [6, 6.07) is 0. The Kier molecular flexibility index (Phi) is 8.30. The highest BCUT2D eigenvalue weighted by Gasteiger charge is 2.72. The fraction of sp³-hybridized carbons (Fsp3) is 0.889. The minimum atomic E-state index is -1.33. The van der Waals surface area contributed by atoms with Crippen LogP contribution in [0.15, 0.2) is 12.2 Å². The highest BCUT2D eigenvalue weighted by atomic mass is 16.5. The molecule has 43 heavy (non-hydrogen) atoms. The predicted octanol–water partition coefficient (Wildman–Crippen LogP) is 5.80. The van der Waals surface area contributed by atoms with E-state index >= 15 is 0 Å². The largest absolute Gasteiger partial charge is 0.463 e. The Balaban J connectivity index is 1.47. The van der Waals surface area contributed by atoms with Gasteiger partial charge in [-0.15, -0.1) is 0 Å². The summed E-state index contributed by atoms with van der Waals surface area (Å²) >= 11 is 0. The Hall–Kier alpha value is -1.44. The van der Waals surface area contributed by atoms with E-state index < -0.39 is 24.2 Å². The van der Waals surface area contributed by atoms with Crippen LogP contribution in [-0.2, 0) is 19.1 Å².